The molecule has 0 unspecified atom stereocenters. The van der Waals surface area contributed by atoms with Crippen LogP contribution in [0.25, 0.3) is 0 Å². The monoisotopic (exact) mass is 497 g/mol. The zero-order valence-electron chi connectivity index (χ0n) is 18.5. The maximum absolute atomic E-state index is 10.3. The number of rotatable bonds is 4. The second-order valence-corrected chi connectivity index (χ2v) is 10.6. The van der Waals surface area contributed by atoms with Crippen LogP contribution in [0.5, 0.6) is 11.5 Å². The van der Waals surface area contributed by atoms with Gasteiger partial charge in [0.05, 0.1) is 12.1 Å². The molecule has 31 heavy (non-hydrogen) atoms. The summed E-state index contributed by atoms with van der Waals surface area (Å²) in [4.78, 5) is 11.7. The minimum absolute atomic E-state index is 0.00881. The van der Waals surface area contributed by atoms with E-state index in [0.717, 1.165) is 46.5 Å². The van der Waals surface area contributed by atoms with Crippen LogP contribution in [-0.4, -0.2) is 59.8 Å². The Morgan fingerprint density at radius 3 is 1.55 bits per heavy atom. The molecule has 2 N–H and O–H groups in total. The molecule has 1 aliphatic rings. The zero-order valence-corrected chi connectivity index (χ0v) is 21.6. The molecular weight excluding hydrogens is 469 g/mol. The van der Waals surface area contributed by atoms with Gasteiger partial charge in [0, 0.05) is 36.6 Å². The molecule has 1 fully saturated rings. The molecule has 2 atom stereocenters. The fourth-order valence-corrected chi connectivity index (χ4v) is 3.78. The number of likely N-dealkylation sites (N-methyl/N-ethyl adjacent to an activating group) is 1. The Morgan fingerprint density at radius 1 is 0.839 bits per heavy atom. The summed E-state index contributed by atoms with van der Waals surface area (Å²) in [6.07, 6.45) is 3.52. The first-order valence-electron chi connectivity index (χ1n) is 9.97. The average molecular weight is 498 g/mol. The molecule has 2 aromatic rings. The van der Waals surface area contributed by atoms with Crippen molar-refractivity contribution in [2.75, 3.05) is 20.1 Å². The molecule has 2 aromatic carbocycles. The van der Waals surface area contributed by atoms with Crippen LogP contribution in [0.4, 0.5) is 0 Å². The van der Waals surface area contributed by atoms with Gasteiger partial charge >= 0.3 is 35.6 Å². The number of halogens is 2. The van der Waals surface area contributed by atoms with Crippen molar-refractivity contribution in [3.8, 4) is 11.5 Å². The average Bonchev–Trinajstić information content (AvgIpc) is 3.05. The van der Waals surface area contributed by atoms with Crippen LogP contribution in [0.3, 0.4) is 0 Å². The fourth-order valence-electron chi connectivity index (χ4n) is 3.78. The van der Waals surface area contributed by atoms with Crippen molar-refractivity contribution < 1.29 is 27.2 Å². The Bertz CT molecular complexity index is 891. The van der Waals surface area contributed by atoms with Crippen LogP contribution in [0.15, 0.2) is 34.3 Å². The molecule has 0 aromatic heterocycles. The molecule has 0 saturated carbocycles. The number of aromatic hydroxyl groups is 2. The predicted molar refractivity (Wildman–Crippen MR) is 127 cm³/mol. The van der Waals surface area contributed by atoms with Crippen LogP contribution in [0, 0.1) is 27.7 Å². The van der Waals surface area contributed by atoms with Gasteiger partial charge in [-0.1, -0.05) is 12.1 Å². The van der Waals surface area contributed by atoms with Crippen LogP contribution >= 0.6 is 18.6 Å². The first-order chi connectivity index (χ1) is 14.7. The number of aliphatic imine (C=N–C) groups is 2. The Labute approximate surface area is 201 Å². The van der Waals surface area contributed by atoms with Crippen molar-refractivity contribution in [1.29, 1.82) is 0 Å². The number of hydrogen-bond donors (Lipinski definition) is 2. The van der Waals surface area contributed by atoms with Crippen LogP contribution < -0.4 is 0 Å². The number of phenols is 2. The number of hydrogen-bond acceptors (Lipinski definition) is 5. The normalized spacial score (nSPS) is 19.1. The Hall–Kier alpha value is -1.37. The minimum atomic E-state index is -0.556. The molecule has 1 aliphatic heterocycles. The second kappa shape index (κ2) is 12.0. The number of nitrogens with zero attached hydrogens (tertiary/aromatic N) is 3. The van der Waals surface area contributed by atoms with Gasteiger partial charge in [-0.05, 0) is 69.1 Å². The Morgan fingerprint density at radius 2 is 1.19 bits per heavy atom. The zero-order chi connectivity index (χ0) is 23.1. The van der Waals surface area contributed by atoms with Crippen molar-refractivity contribution in [1.82, 2.24) is 4.90 Å². The predicted octanol–water partition coefficient (Wildman–Crippen LogP) is 4.93. The molecule has 8 heteroatoms. The van der Waals surface area contributed by atoms with Gasteiger partial charge in [-0.25, -0.2) is 0 Å². The summed E-state index contributed by atoms with van der Waals surface area (Å²) in [5.41, 5.74) is 5.37. The van der Waals surface area contributed by atoms with Crippen molar-refractivity contribution in [2.45, 2.75) is 39.8 Å². The summed E-state index contributed by atoms with van der Waals surface area (Å²) in [7, 11) is 11.8. The summed E-state index contributed by atoms with van der Waals surface area (Å²) in [5.74, 6) is 0.557. The molecule has 0 spiro atoms. The number of phenolic OH excluding ortho intramolecular Hbond substituents is 2. The molecule has 0 aliphatic carbocycles. The van der Waals surface area contributed by atoms with E-state index in [1.54, 1.807) is 12.4 Å². The van der Waals surface area contributed by atoms with Crippen molar-refractivity contribution in [3.05, 3.63) is 57.6 Å². The Balaban J connectivity index is 0.00000107. The molecular formula is C23H29Cl2N3O2Ti. The molecule has 3 rings (SSSR count). The van der Waals surface area contributed by atoms with Gasteiger partial charge in [-0.15, -0.1) is 0 Å². The molecule has 0 amide bonds. The molecule has 1 heterocycles. The first-order valence-corrected chi connectivity index (χ1v) is 14.3. The summed E-state index contributed by atoms with van der Waals surface area (Å²) >= 11 is -0.556. The Kier molecular flexibility index (Phi) is 10.0. The first kappa shape index (κ1) is 25.9. The summed E-state index contributed by atoms with van der Waals surface area (Å²) in [6.45, 7) is 9.43. The summed E-state index contributed by atoms with van der Waals surface area (Å²) in [5, 5.41) is 20.6. The quantitative estimate of drug-likeness (QED) is 0.464. The number of benzene rings is 2. The number of likely N-dealkylation sites (tertiary alicyclic amines) is 1. The van der Waals surface area contributed by atoms with Gasteiger partial charge in [0.25, 0.3) is 0 Å². The van der Waals surface area contributed by atoms with Crippen molar-refractivity contribution in [2.24, 2.45) is 9.98 Å². The summed E-state index contributed by atoms with van der Waals surface area (Å²) < 4.78 is 0. The van der Waals surface area contributed by atoms with Gasteiger partial charge in [0.15, 0.2) is 0 Å². The van der Waals surface area contributed by atoms with E-state index in [-0.39, 0.29) is 23.6 Å². The fraction of sp³-hybridized carbons (Fsp3) is 0.391. The topological polar surface area (TPSA) is 68.4 Å². The summed E-state index contributed by atoms with van der Waals surface area (Å²) in [6, 6.07) is 7.81. The standard InChI is InChI=1S/C23H29N3O2.2ClH.Ti/c1-14-6-16(3)22(27)18(8-14)10-24-20-12-26(5)13-21(20)25-11-19-9-15(2)7-17(4)23(19)28;;;/h6-11,20-21,27-28H,12-13H2,1-5H3;2*1H;/q;;;+2/p-2/t20-,21-;;;/m1.../s1. The van der Waals surface area contributed by atoms with Gasteiger partial charge in [-0.3, -0.25) is 9.98 Å². The second-order valence-electron chi connectivity index (χ2n) is 8.02. The molecule has 0 radical (unpaired) electrons. The molecule has 166 valence electrons. The van der Waals surface area contributed by atoms with Gasteiger partial charge in [-0.2, -0.15) is 0 Å². The van der Waals surface area contributed by atoms with Crippen LogP contribution in [-0.2, 0) is 17.0 Å². The third-order valence-electron chi connectivity index (χ3n) is 5.20. The van der Waals surface area contributed by atoms with Gasteiger partial charge < -0.3 is 15.1 Å². The van der Waals surface area contributed by atoms with E-state index in [4.69, 9.17) is 28.6 Å². The number of aryl methyl sites for hydroxylation is 4. The SMILES string of the molecule is Cc1cc(C)c(O)c(C=N[C@@H]2CN(C)C[C@H]2N=Cc2cc(C)cc(C)c2O)c1.[Cl][Ti][Cl]. The van der Waals surface area contributed by atoms with E-state index in [1.807, 2.05) is 52.0 Å². The van der Waals surface area contributed by atoms with E-state index in [1.165, 1.54) is 0 Å². The van der Waals surface area contributed by atoms with Gasteiger partial charge in [0.2, 0.25) is 0 Å². The van der Waals surface area contributed by atoms with Crippen molar-refractivity contribution >= 4 is 31.0 Å². The van der Waals surface area contributed by atoms with E-state index >= 15 is 0 Å². The third-order valence-corrected chi connectivity index (χ3v) is 5.20. The van der Waals surface area contributed by atoms with Gasteiger partial charge in [0.1, 0.15) is 11.5 Å². The van der Waals surface area contributed by atoms with E-state index in [0.29, 0.717) is 0 Å². The molecule has 1 saturated heterocycles. The third kappa shape index (κ3) is 7.33. The van der Waals surface area contributed by atoms with Crippen LogP contribution in [0.1, 0.15) is 33.4 Å². The molecule has 0 bridgehead atoms. The van der Waals surface area contributed by atoms with E-state index in [2.05, 4.69) is 11.9 Å². The molecule has 5 nitrogen and oxygen atoms in total. The van der Waals surface area contributed by atoms with Crippen LogP contribution in [0.2, 0.25) is 0 Å². The van der Waals surface area contributed by atoms with E-state index < -0.39 is 17.0 Å². The van der Waals surface area contributed by atoms with E-state index in [9.17, 15) is 10.2 Å². The maximum atomic E-state index is 10.3. The van der Waals surface area contributed by atoms with Crippen molar-refractivity contribution in [3.63, 3.8) is 0 Å².